The number of hydrogen-bond acceptors (Lipinski definition) is 4. The summed E-state index contributed by atoms with van der Waals surface area (Å²) < 4.78 is 5.28. The Morgan fingerprint density at radius 3 is 2.84 bits per heavy atom. The lowest BCUT2D eigenvalue weighted by atomic mass is 9.69. The van der Waals surface area contributed by atoms with Crippen molar-refractivity contribution in [2.24, 2.45) is 11.8 Å². The van der Waals surface area contributed by atoms with E-state index in [1.54, 1.807) is 6.20 Å². The zero-order valence-corrected chi connectivity index (χ0v) is 14.5. The first-order valence-corrected chi connectivity index (χ1v) is 9.11. The molecule has 3 atom stereocenters. The van der Waals surface area contributed by atoms with Gasteiger partial charge in [0.15, 0.2) is 12.2 Å². The summed E-state index contributed by atoms with van der Waals surface area (Å²) in [5.74, 6) is 1.39. The van der Waals surface area contributed by atoms with Crippen LogP contribution in [0, 0.1) is 11.8 Å². The van der Waals surface area contributed by atoms with Gasteiger partial charge in [0.05, 0.1) is 11.8 Å². The minimum Gasteiger partial charge on any atom is -0.444 e. The van der Waals surface area contributed by atoms with Gasteiger partial charge in [0.25, 0.3) is 5.91 Å². The molecule has 1 aromatic carbocycles. The highest BCUT2D eigenvalue weighted by molar-refractivity contribution is 5.94. The third-order valence-corrected chi connectivity index (χ3v) is 6.06. The lowest BCUT2D eigenvalue weighted by Crippen LogP contribution is -2.44. The summed E-state index contributed by atoms with van der Waals surface area (Å²) in [5, 5.41) is 10.9. The molecule has 2 aromatic rings. The second-order valence-corrected chi connectivity index (χ2v) is 7.37. The first-order chi connectivity index (χ1) is 12.1. The summed E-state index contributed by atoms with van der Waals surface area (Å²) in [6.45, 7) is 3.47. The lowest BCUT2D eigenvalue weighted by molar-refractivity contribution is -0.0609. The molecule has 1 aromatic heterocycles. The molecule has 4 rings (SSSR count). The SMILES string of the molecule is CC[C@]1(O)CCC[C@H]2CN(C(=O)c3ccc(-c4cnco4)cc3)C[C@H]21. The van der Waals surface area contributed by atoms with Gasteiger partial charge in [-0.15, -0.1) is 0 Å². The van der Waals surface area contributed by atoms with Gasteiger partial charge >= 0.3 is 0 Å². The second-order valence-electron chi connectivity index (χ2n) is 7.37. The fourth-order valence-electron chi connectivity index (χ4n) is 4.55. The number of aliphatic hydroxyl groups is 1. The van der Waals surface area contributed by atoms with E-state index in [0.717, 1.165) is 37.8 Å². The van der Waals surface area contributed by atoms with Crippen LogP contribution < -0.4 is 0 Å². The molecule has 132 valence electrons. The van der Waals surface area contributed by atoms with E-state index >= 15 is 0 Å². The molecule has 1 N–H and O–H groups in total. The lowest BCUT2D eigenvalue weighted by Gasteiger charge is -2.40. The highest BCUT2D eigenvalue weighted by atomic mass is 16.3. The van der Waals surface area contributed by atoms with Gasteiger partial charge in [-0.05, 0) is 37.3 Å². The molecule has 1 aliphatic heterocycles. The Bertz CT molecular complexity index is 741. The van der Waals surface area contributed by atoms with Crippen molar-refractivity contribution in [3.8, 4) is 11.3 Å². The third kappa shape index (κ3) is 2.86. The molecule has 5 nitrogen and oxygen atoms in total. The highest BCUT2D eigenvalue weighted by Gasteiger charge is 2.48. The van der Waals surface area contributed by atoms with Gasteiger partial charge in [-0.1, -0.05) is 25.5 Å². The van der Waals surface area contributed by atoms with Crippen LogP contribution in [-0.2, 0) is 0 Å². The number of nitrogens with zero attached hydrogens (tertiary/aromatic N) is 2. The molecule has 0 bridgehead atoms. The van der Waals surface area contributed by atoms with Crippen LogP contribution in [0.25, 0.3) is 11.3 Å². The number of aromatic nitrogens is 1. The molecule has 1 amide bonds. The molecule has 2 heterocycles. The Hall–Kier alpha value is -2.14. The average molecular weight is 340 g/mol. The van der Waals surface area contributed by atoms with E-state index in [1.165, 1.54) is 6.39 Å². The number of oxazole rings is 1. The molecule has 2 fully saturated rings. The molecule has 2 aliphatic rings. The Balaban J connectivity index is 1.50. The van der Waals surface area contributed by atoms with E-state index in [4.69, 9.17) is 4.42 Å². The Labute approximate surface area is 147 Å². The van der Waals surface area contributed by atoms with Gasteiger partial charge in [0.1, 0.15) is 0 Å². The van der Waals surface area contributed by atoms with Gasteiger partial charge in [-0.2, -0.15) is 0 Å². The number of rotatable bonds is 3. The van der Waals surface area contributed by atoms with Crippen molar-refractivity contribution in [2.45, 2.75) is 38.2 Å². The van der Waals surface area contributed by atoms with Crippen LogP contribution in [0.5, 0.6) is 0 Å². The number of hydrogen-bond donors (Lipinski definition) is 1. The van der Waals surface area contributed by atoms with E-state index in [0.29, 0.717) is 23.8 Å². The van der Waals surface area contributed by atoms with Crippen LogP contribution in [0.3, 0.4) is 0 Å². The summed E-state index contributed by atoms with van der Waals surface area (Å²) in [5.41, 5.74) is 0.986. The van der Waals surface area contributed by atoms with Crippen molar-refractivity contribution >= 4 is 5.91 Å². The Kier molecular flexibility index (Phi) is 4.12. The van der Waals surface area contributed by atoms with Crippen molar-refractivity contribution in [3.63, 3.8) is 0 Å². The van der Waals surface area contributed by atoms with E-state index in [1.807, 2.05) is 29.2 Å². The van der Waals surface area contributed by atoms with Gasteiger partial charge in [0, 0.05) is 30.1 Å². The quantitative estimate of drug-likeness (QED) is 0.930. The number of carbonyl (C=O) groups excluding carboxylic acids is 1. The van der Waals surface area contributed by atoms with Crippen LogP contribution >= 0.6 is 0 Å². The zero-order chi connectivity index (χ0) is 17.4. The van der Waals surface area contributed by atoms with Crippen LogP contribution in [0.2, 0.25) is 0 Å². The summed E-state index contributed by atoms with van der Waals surface area (Å²) >= 11 is 0. The maximum atomic E-state index is 12.9. The van der Waals surface area contributed by atoms with Crippen LogP contribution in [0.4, 0.5) is 0 Å². The second kappa shape index (κ2) is 6.30. The molecule has 1 saturated heterocycles. The van der Waals surface area contributed by atoms with Crippen molar-refractivity contribution < 1.29 is 14.3 Å². The van der Waals surface area contributed by atoms with Gasteiger partial charge in [0.2, 0.25) is 0 Å². The van der Waals surface area contributed by atoms with E-state index < -0.39 is 5.60 Å². The fraction of sp³-hybridized carbons (Fsp3) is 0.500. The van der Waals surface area contributed by atoms with Crippen LogP contribution in [0.1, 0.15) is 43.0 Å². The van der Waals surface area contributed by atoms with Crippen molar-refractivity contribution in [1.29, 1.82) is 0 Å². The molecule has 0 radical (unpaired) electrons. The van der Waals surface area contributed by atoms with E-state index in [9.17, 15) is 9.90 Å². The first kappa shape index (κ1) is 16.3. The van der Waals surface area contributed by atoms with E-state index in [-0.39, 0.29) is 11.8 Å². The van der Waals surface area contributed by atoms with Gasteiger partial charge < -0.3 is 14.4 Å². The van der Waals surface area contributed by atoms with Crippen molar-refractivity contribution in [1.82, 2.24) is 9.88 Å². The molecular weight excluding hydrogens is 316 g/mol. The summed E-state index contributed by atoms with van der Waals surface area (Å²) in [6.07, 6.45) is 6.85. The number of carbonyl (C=O) groups is 1. The maximum absolute atomic E-state index is 12.9. The van der Waals surface area contributed by atoms with Crippen LogP contribution in [-0.4, -0.2) is 39.6 Å². The predicted octanol–water partition coefficient (Wildman–Crippen LogP) is 3.35. The fourth-order valence-corrected chi connectivity index (χ4v) is 4.55. The maximum Gasteiger partial charge on any atom is 0.253 e. The smallest absolute Gasteiger partial charge is 0.253 e. The topological polar surface area (TPSA) is 66.6 Å². The Morgan fingerprint density at radius 2 is 2.16 bits per heavy atom. The summed E-state index contributed by atoms with van der Waals surface area (Å²) in [7, 11) is 0. The number of benzene rings is 1. The molecule has 1 aliphatic carbocycles. The first-order valence-electron chi connectivity index (χ1n) is 9.11. The molecule has 0 spiro atoms. The Morgan fingerprint density at radius 1 is 1.36 bits per heavy atom. The summed E-state index contributed by atoms with van der Waals surface area (Å²) in [4.78, 5) is 18.7. The number of likely N-dealkylation sites (tertiary alicyclic amines) is 1. The van der Waals surface area contributed by atoms with Crippen molar-refractivity contribution in [3.05, 3.63) is 42.4 Å². The standard InChI is InChI=1S/C20H24N2O3/c1-2-20(24)9-3-4-16-11-22(12-17(16)20)19(23)15-7-5-14(6-8-15)18-10-21-13-25-18/h5-8,10,13,16-17,24H,2-4,9,11-12H2,1H3/t16-,17+,20-/m0/s1. The largest absolute Gasteiger partial charge is 0.444 e. The van der Waals surface area contributed by atoms with Crippen LogP contribution in [0.15, 0.2) is 41.3 Å². The predicted molar refractivity (Wildman–Crippen MR) is 93.9 cm³/mol. The third-order valence-electron chi connectivity index (χ3n) is 6.06. The number of fused-ring (bicyclic) bond motifs is 1. The molecule has 5 heteroatoms. The monoisotopic (exact) mass is 340 g/mol. The highest BCUT2D eigenvalue weighted by Crippen LogP contribution is 2.44. The zero-order valence-electron chi connectivity index (χ0n) is 14.5. The molecule has 1 saturated carbocycles. The number of amides is 1. The minimum atomic E-state index is -0.603. The van der Waals surface area contributed by atoms with E-state index in [2.05, 4.69) is 11.9 Å². The average Bonchev–Trinajstić information content (AvgIpc) is 3.32. The normalized spacial score (nSPS) is 28.8. The molecule has 0 unspecified atom stereocenters. The summed E-state index contributed by atoms with van der Waals surface area (Å²) in [6, 6.07) is 7.46. The van der Waals surface area contributed by atoms with Gasteiger partial charge in [-0.3, -0.25) is 4.79 Å². The van der Waals surface area contributed by atoms with Gasteiger partial charge in [-0.25, -0.2) is 4.98 Å². The van der Waals surface area contributed by atoms with Crippen molar-refractivity contribution in [2.75, 3.05) is 13.1 Å². The molecule has 25 heavy (non-hydrogen) atoms. The minimum absolute atomic E-state index is 0.0528. The molecular formula is C20H24N2O3.